The number of fused-ring (bicyclic) bond motifs is 1. The minimum absolute atomic E-state index is 0.0652. The summed E-state index contributed by atoms with van der Waals surface area (Å²) in [5, 5.41) is 0. The van der Waals surface area contributed by atoms with E-state index in [9.17, 15) is 0 Å². The number of allylic oxidation sites excluding steroid dienone is 3. The van der Waals surface area contributed by atoms with E-state index < -0.39 is 0 Å². The van der Waals surface area contributed by atoms with Crippen LogP contribution >= 0.6 is 0 Å². The highest BCUT2D eigenvalue weighted by Gasteiger charge is 2.26. The van der Waals surface area contributed by atoms with Gasteiger partial charge in [-0.2, -0.15) is 0 Å². The van der Waals surface area contributed by atoms with Crippen molar-refractivity contribution in [2.24, 2.45) is 0 Å². The van der Waals surface area contributed by atoms with Crippen molar-refractivity contribution in [1.29, 1.82) is 0 Å². The lowest BCUT2D eigenvalue weighted by molar-refractivity contribution is 0.107. The molecule has 0 amide bonds. The van der Waals surface area contributed by atoms with E-state index >= 15 is 0 Å². The number of ether oxygens (including phenoxy) is 2. The lowest BCUT2D eigenvalue weighted by Gasteiger charge is -2.30. The monoisotopic (exact) mass is 308 g/mol. The van der Waals surface area contributed by atoms with Gasteiger partial charge in [-0.05, 0) is 25.8 Å². The first-order valence-electron chi connectivity index (χ1n) is 8.42. The molecule has 2 heteroatoms. The quantitative estimate of drug-likeness (QED) is 0.725. The summed E-state index contributed by atoms with van der Waals surface area (Å²) >= 11 is 0. The molecular formula is C21H24O2. The molecule has 0 saturated carbocycles. The molecule has 3 rings (SSSR count). The van der Waals surface area contributed by atoms with E-state index in [2.05, 4.69) is 51.1 Å². The second-order valence-corrected chi connectivity index (χ2v) is 6.03. The maximum atomic E-state index is 6.29. The van der Waals surface area contributed by atoms with E-state index in [-0.39, 0.29) is 12.2 Å². The third-order valence-electron chi connectivity index (χ3n) is 4.31. The normalized spacial score (nSPS) is 19.9. The van der Waals surface area contributed by atoms with Crippen LogP contribution in [0.15, 0.2) is 71.5 Å². The van der Waals surface area contributed by atoms with Gasteiger partial charge in [0.15, 0.2) is 0 Å². The van der Waals surface area contributed by atoms with Gasteiger partial charge >= 0.3 is 0 Å². The first kappa shape index (κ1) is 15.7. The van der Waals surface area contributed by atoms with Crippen LogP contribution in [-0.4, -0.2) is 12.2 Å². The minimum atomic E-state index is -0.0652. The molecule has 1 aromatic rings. The van der Waals surface area contributed by atoms with Gasteiger partial charge in [-0.15, -0.1) is 0 Å². The Bertz CT molecular complexity index is 673. The summed E-state index contributed by atoms with van der Waals surface area (Å²) in [7, 11) is 0. The van der Waals surface area contributed by atoms with E-state index in [4.69, 9.17) is 9.47 Å². The summed E-state index contributed by atoms with van der Waals surface area (Å²) in [5.74, 6) is 1.81. The van der Waals surface area contributed by atoms with E-state index in [0.29, 0.717) is 0 Å². The molecule has 120 valence electrons. The summed E-state index contributed by atoms with van der Waals surface area (Å²) < 4.78 is 12.5. The molecule has 1 heterocycles. The van der Waals surface area contributed by atoms with Crippen molar-refractivity contribution in [3.8, 4) is 0 Å². The van der Waals surface area contributed by atoms with Crippen molar-refractivity contribution in [2.45, 2.75) is 45.8 Å². The fraction of sp³-hybridized carbons (Fsp3) is 0.333. The van der Waals surface area contributed by atoms with Gasteiger partial charge in [0.25, 0.3) is 0 Å². The first-order valence-corrected chi connectivity index (χ1v) is 8.42. The van der Waals surface area contributed by atoms with E-state index in [1.165, 1.54) is 5.57 Å². The second kappa shape index (κ2) is 6.91. The van der Waals surface area contributed by atoms with Gasteiger partial charge in [0.2, 0.25) is 0 Å². The number of rotatable bonds is 5. The third-order valence-corrected chi connectivity index (χ3v) is 4.31. The molecular weight excluding hydrogens is 284 g/mol. The van der Waals surface area contributed by atoms with Crippen molar-refractivity contribution in [3.05, 3.63) is 77.1 Å². The number of benzene rings is 1. The molecule has 1 aromatic carbocycles. The summed E-state index contributed by atoms with van der Waals surface area (Å²) in [5.41, 5.74) is 3.41. The molecule has 0 bridgehead atoms. The summed E-state index contributed by atoms with van der Waals surface area (Å²) in [6.45, 7) is 6.43. The molecule has 1 atom stereocenters. The first-order chi connectivity index (χ1) is 11.2. The standard InChI is InChI=1S/C21H24O2/c1-4-17(5-2)22-21-14-19(16-9-7-6-8-10-16)23-20-13-15(3)11-12-18(20)21/h6-14,17,20H,4-5H2,1-3H3. The van der Waals surface area contributed by atoms with Crippen LogP contribution in [0.5, 0.6) is 0 Å². The molecule has 0 aromatic heterocycles. The molecule has 0 fully saturated rings. The van der Waals surface area contributed by atoms with Crippen molar-refractivity contribution in [1.82, 2.24) is 0 Å². The Morgan fingerprint density at radius 2 is 1.83 bits per heavy atom. The molecule has 0 radical (unpaired) electrons. The van der Waals surface area contributed by atoms with Crippen molar-refractivity contribution in [2.75, 3.05) is 0 Å². The second-order valence-electron chi connectivity index (χ2n) is 6.03. The maximum absolute atomic E-state index is 6.29. The average Bonchev–Trinajstić information content (AvgIpc) is 2.59. The fourth-order valence-corrected chi connectivity index (χ4v) is 2.88. The topological polar surface area (TPSA) is 18.5 Å². The van der Waals surface area contributed by atoms with E-state index in [1.54, 1.807) is 0 Å². The van der Waals surface area contributed by atoms with Gasteiger partial charge in [-0.1, -0.05) is 61.9 Å². The number of hydrogen-bond acceptors (Lipinski definition) is 2. The van der Waals surface area contributed by atoms with Crippen LogP contribution in [0.4, 0.5) is 0 Å². The van der Waals surface area contributed by atoms with Gasteiger partial charge in [0.05, 0.1) is 6.10 Å². The van der Waals surface area contributed by atoms with Gasteiger partial charge < -0.3 is 9.47 Å². The molecule has 0 N–H and O–H groups in total. The Morgan fingerprint density at radius 3 is 2.52 bits per heavy atom. The Kier molecular flexibility index (Phi) is 4.71. The summed E-state index contributed by atoms with van der Waals surface area (Å²) in [6, 6.07) is 10.2. The zero-order chi connectivity index (χ0) is 16.2. The zero-order valence-corrected chi connectivity index (χ0v) is 14.1. The van der Waals surface area contributed by atoms with Crippen LogP contribution in [0.3, 0.4) is 0 Å². The SMILES string of the molecule is CCC(CC)OC1=C2C=CC(C)=CC2OC(c2ccccc2)=C1. The summed E-state index contributed by atoms with van der Waals surface area (Å²) in [6.07, 6.45) is 10.6. The Morgan fingerprint density at radius 1 is 1.09 bits per heavy atom. The van der Waals surface area contributed by atoms with Crippen molar-refractivity contribution >= 4 is 5.76 Å². The molecule has 1 aliphatic heterocycles. The Labute approximate surface area is 138 Å². The highest BCUT2D eigenvalue weighted by molar-refractivity contribution is 5.66. The maximum Gasteiger partial charge on any atom is 0.146 e. The largest absolute Gasteiger partial charge is 0.490 e. The molecule has 0 spiro atoms. The van der Waals surface area contributed by atoms with Gasteiger partial charge in [-0.25, -0.2) is 0 Å². The molecule has 2 aliphatic rings. The van der Waals surface area contributed by atoms with Gasteiger partial charge in [0, 0.05) is 17.2 Å². The zero-order valence-electron chi connectivity index (χ0n) is 14.1. The van der Waals surface area contributed by atoms with Crippen LogP contribution in [-0.2, 0) is 9.47 Å². The van der Waals surface area contributed by atoms with Gasteiger partial charge in [-0.3, -0.25) is 0 Å². The Balaban J connectivity index is 1.99. The average molecular weight is 308 g/mol. The van der Waals surface area contributed by atoms with E-state index in [1.807, 2.05) is 24.3 Å². The molecule has 23 heavy (non-hydrogen) atoms. The lowest BCUT2D eigenvalue weighted by atomic mass is 9.96. The number of hydrogen-bond donors (Lipinski definition) is 0. The highest BCUT2D eigenvalue weighted by atomic mass is 16.5. The Hall–Kier alpha value is -2.22. The van der Waals surface area contributed by atoms with Crippen LogP contribution in [0.1, 0.15) is 39.2 Å². The minimum Gasteiger partial charge on any atom is -0.490 e. The summed E-state index contributed by atoms with van der Waals surface area (Å²) in [4.78, 5) is 0. The highest BCUT2D eigenvalue weighted by Crippen LogP contribution is 2.34. The van der Waals surface area contributed by atoms with Crippen LogP contribution < -0.4 is 0 Å². The van der Waals surface area contributed by atoms with Gasteiger partial charge in [0.1, 0.15) is 17.6 Å². The predicted octanol–water partition coefficient (Wildman–Crippen LogP) is 5.40. The lowest BCUT2D eigenvalue weighted by Crippen LogP contribution is -2.22. The molecule has 1 unspecified atom stereocenters. The van der Waals surface area contributed by atoms with Crippen LogP contribution in [0, 0.1) is 0 Å². The molecule has 0 saturated heterocycles. The van der Waals surface area contributed by atoms with Crippen molar-refractivity contribution < 1.29 is 9.47 Å². The fourth-order valence-electron chi connectivity index (χ4n) is 2.88. The third kappa shape index (κ3) is 3.42. The van der Waals surface area contributed by atoms with Crippen molar-refractivity contribution in [3.63, 3.8) is 0 Å². The van der Waals surface area contributed by atoms with E-state index in [0.717, 1.165) is 35.5 Å². The smallest absolute Gasteiger partial charge is 0.146 e. The predicted molar refractivity (Wildman–Crippen MR) is 94.7 cm³/mol. The molecule has 2 nitrogen and oxygen atoms in total. The van der Waals surface area contributed by atoms with Crippen LogP contribution in [0.25, 0.3) is 5.76 Å². The van der Waals surface area contributed by atoms with Crippen LogP contribution in [0.2, 0.25) is 0 Å². The molecule has 1 aliphatic carbocycles.